The molecular formula is C11H19BrN2O2. The largest absolute Gasteiger partial charge is 0.384 e. The lowest BCUT2D eigenvalue weighted by atomic mass is 9.99. The first-order valence-corrected chi connectivity index (χ1v) is 6.25. The third-order valence-electron chi connectivity index (χ3n) is 2.55. The Hall–Kier alpha value is -0.390. The maximum absolute atomic E-state index is 10.3. The molecule has 0 fully saturated rings. The van der Waals surface area contributed by atoms with E-state index < -0.39 is 6.10 Å². The van der Waals surface area contributed by atoms with Crippen LogP contribution in [0.5, 0.6) is 0 Å². The molecule has 0 saturated carbocycles. The summed E-state index contributed by atoms with van der Waals surface area (Å²) in [6, 6.07) is 0. The molecule has 2 unspecified atom stereocenters. The summed E-state index contributed by atoms with van der Waals surface area (Å²) < 4.78 is 8.07. The number of hydrogen-bond donors (Lipinski definition) is 1. The molecule has 0 saturated heterocycles. The number of ether oxygens (including phenoxy) is 1. The Kier molecular flexibility index (Phi) is 4.95. The number of halogens is 1. The van der Waals surface area contributed by atoms with E-state index in [0.29, 0.717) is 6.61 Å². The smallest absolute Gasteiger partial charge is 0.123 e. The van der Waals surface area contributed by atoms with Crippen LogP contribution in [0.25, 0.3) is 0 Å². The molecular weight excluding hydrogens is 272 g/mol. The molecule has 2 atom stereocenters. The van der Waals surface area contributed by atoms with Crippen LogP contribution in [0.2, 0.25) is 0 Å². The van der Waals surface area contributed by atoms with Gasteiger partial charge in [0.25, 0.3) is 0 Å². The average molecular weight is 291 g/mol. The monoisotopic (exact) mass is 290 g/mol. The summed E-state index contributed by atoms with van der Waals surface area (Å²) in [5.41, 5.74) is 0.757. The van der Waals surface area contributed by atoms with Gasteiger partial charge in [-0.05, 0) is 28.8 Å². The van der Waals surface area contributed by atoms with Gasteiger partial charge in [-0.1, -0.05) is 13.8 Å². The molecule has 0 radical (unpaired) electrons. The van der Waals surface area contributed by atoms with Gasteiger partial charge in [0.1, 0.15) is 6.10 Å². The Bertz CT molecular complexity index is 319. The van der Waals surface area contributed by atoms with Crippen molar-refractivity contribution in [2.75, 3.05) is 6.61 Å². The van der Waals surface area contributed by atoms with E-state index in [9.17, 15) is 5.11 Å². The molecule has 0 bridgehead atoms. The molecule has 0 aromatic carbocycles. The van der Waals surface area contributed by atoms with Crippen LogP contribution in [0.1, 0.15) is 32.6 Å². The first-order chi connectivity index (χ1) is 7.49. The van der Waals surface area contributed by atoms with Crippen LogP contribution in [-0.2, 0) is 11.8 Å². The number of hydrogen-bond acceptors (Lipinski definition) is 3. The van der Waals surface area contributed by atoms with Gasteiger partial charge >= 0.3 is 0 Å². The van der Waals surface area contributed by atoms with Crippen molar-refractivity contribution in [1.82, 2.24) is 9.78 Å². The molecule has 1 aromatic rings. The van der Waals surface area contributed by atoms with E-state index in [-0.39, 0.29) is 12.0 Å². The zero-order chi connectivity index (χ0) is 12.3. The summed E-state index contributed by atoms with van der Waals surface area (Å²) in [7, 11) is 1.81. The van der Waals surface area contributed by atoms with Crippen LogP contribution >= 0.6 is 15.9 Å². The summed E-state index contributed by atoms with van der Waals surface area (Å²) >= 11 is 3.39. The molecule has 0 aliphatic rings. The predicted octanol–water partition coefficient (Wildman–Crippen LogP) is 2.28. The molecule has 4 nitrogen and oxygen atoms in total. The fourth-order valence-corrected chi connectivity index (χ4v) is 2.33. The second kappa shape index (κ2) is 5.80. The van der Waals surface area contributed by atoms with Crippen molar-refractivity contribution in [3.8, 4) is 0 Å². The Labute approximate surface area is 105 Å². The molecule has 0 spiro atoms. The molecule has 1 N–H and O–H groups in total. The SMILES string of the molecule is CCOC(C(C)C)C(O)c1c(Br)cnn1C. The van der Waals surface area contributed by atoms with E-state index in [1.165, 1.54) is 0 Å². The third-order valence-corrected chi connectivity index (χ3v) is 3.16. The highest BCUT2D eigenvalue weighted by Crippen LogP contribution is 2.29. The van der Waals surface area contributed by atoms with Crippen LogP contribution in [-0.4, -0.2) is 27.6 Å². The molecule has 0 amide bonds. The van der Waals surface area contributed by atoms with Crippen LogP contribution in [0.3, 0.4) is 0 Å². The van der Waals surface area contributed by atoms with Crippen molar-refractivity contribution in [2.45, 2.75) is 33.0 Å². The van der Waals surface area contributed by atoms with Gasteiger partial charge in [-0.25, -0.2) is 0 Å². The van der Waals surface area contributed by atoms with Gasteiger partial charge in [0, 0.05) is 13.7 Å². The van der Waals surface area contributed by atoms with Gasteiger partial charge in [0.2, 0.25) is 0 Å². The molecule has 5 heteroatoms. The highest BCUT2D eigenvalue weighted by Gasteiger charge is 2.28. The number of aryl methyl sites for hydroxylation is 1. The van der Waals surface area contributed by atoms with Crippen molar-refractivity contribution >= 4 is 15.9 Å². The first kappa shape index (κ1) is 13.7. The fourth-order valence-electron chi connectivity index (χ4n) is 1.75. The van der Waals surface area contributed by atoms with Crippen molar-refractivity contribution < 1.29 is 9.84 Å². The van der Waals surface area contributed by atoms with E-state index in [1.54, 1.807) is 10.9 Å². The minimum atomic E-state index is -0.665. The lowest BCUT2D eigenvalue weighted by molar-refractivity contribution is -0.0617. The minimum Gasteiger partial charge on any atom is -0.384 e. The average Bonchev–Trinajstić information content (AvgIpc) is 2.54. The quantitative estimate of drug-likeness (QED) is 0.905. The van der Waals surface area contributed by atoms with Crippen LogP contribution in [0, 0.1) is 5.92 Å². The summed E-state index contributed by atoms with van der Waals surface area (Å²) in [6.07, 6.45) is 0.806. The molecule has 0 aliphatic heterocycles. The molecule has 1 heterocycles. The molecule has 16 heavy (non-hydrogen) atoms. The van der Waals surface area contributed by atoms with E-state index in [1.807, 2.05) is 27.8 Å². The maximum Gasteiger partial charge on any atom is 0.123 e. The highest BCUT2D eigenvalue weighted by atomic mass is 79.9. The van der Waals surface area contributed by atoms with Gasteiger partial charge in [0.15, 0.2) is 0 Å². The summed E-state index contributed by atoms with van der Waals surface area (Å²) in [5, 5.41) is 14.4. The normalized spacial score (nSPS) is 15.4. The van der Waals surface area contributed by atoms with Crippen LogP contribution in [0.4, 0.5) is 0 Å². The van der Waals surface area contributed by atoms with Gasteiger partial charge < -0.3 is 9.84 Å². The summed E-state index contributed by atoms with van der Waals surface area (Å²) in [4.78, 5) is 0. The molecule has 1 rings (SSSR count). The maximum atomic E-state index is 10.3. The predicted molar refractivity (Wildman–Crippen MR) is 66.1 cm³/mol. The van der Waals surface area contributed by atoms with Crippen molar-refractivity contribution in [2.24, 2.45) is 13.0 Å². The summed E-state index contributed by atoms with van der Waals surface area (Å²) in [6.45, 7) is 6.59. The zero-order valence-corrected chi connectivity index (χ0v) is 11.7. The Morgan fingerprint density at radius 3 is 2.56 bits per heavy atom. The molecule has 1 aromatic heterocycles. The third kappa shape index (κ3) is 2.84. The Balaban J connectivity index is 2.94. The van der Waals surface area contributed by atoms with Crippen LogP contribution < -0.4 is 0 Å². The minimum absolute atomic E-state index is 0.211. The summed E-state index contributed by atoms with van der Waals surface area (Å²) in [5.74, 6) is 0.247. The number of aliphatic hydroxyl groups is 1. The fraction of sp³-hybridized carbons (Fsp3) is 0.727. The molecule has 92 valence electrons. The highest BCUT2D eigenvalue weighted by molar-refractivity contribution is 9.10. The topological polar surface area (TPSA) is 47.3 Å². The van der Waals surface area contributed by atoms with Crippen molar-refractivity contribution in [1.29, 1.82) is 0 Å². The second-order valence-corrected chi connectivity index (χ2v) is 4.96. The van der Waals surface area contributed by atoms with E-state index in [2.05, 4.69) is 21.0 Å². The van der Waals surface area contributed by atoms with E-state index >= 15 is 0 Å². The second-order valence-electron chi connectivity index (χ2n) is 4.11. The van der Waals surface area contributed by atoms with Gasteiger partial charge in [-0.2, -0.15) is 5.10 Å². The number of nitrogens with zero attached hydrogens (tertiary/aromatic N) is 2. The van der Waals surface area contributed by atoms with Crippen LogP contribution in [0.15, 0.2) is 10.7 Å². The van der Waals surface area contributed by atoms with Crippen molar-refractivity contribution in [3.05, 3.63) is 16.4 Å². The van der Waals surface area contributed by atoms with Gasteiger partial charge in [-0.15, -0.1) is 0 Å². The van der Waals surface area contributed by atoms with E-state index in [4.69, 9.17) is 4.74 Å². The standard InChI is InChI=1S/C11H19BrN2O2/c1-5-16-11(7(2)3)10(15)9-8(12)6-13-14(9)4/h6-7,10-11,15H,5H2,1-4H3. The lowest BCUT2D eigenvalue weighted by Gasteiger charge is -2.26. The molecule has 0 aliphatic carbocycles. The van der Waals surface area contributed by atoms with Crippen molar-refractivity contribution in [3.63, 3.8) is 0 Å². The Morgan fingerprint density at radius 2 is 2.19 bits per heavy atom. The first-order valence-electron chi connectivity index (χ1n) is 5.46. The number of aromatic nitrogens is 2. The Morgan fingerprint density at radius 1 is 1.56 bits per heavy atom. The lowest BCUT2D eigenvalue weighted by Crippen LogP contribution is -2.29. The van der Waals surface area contributed by atoms with Gasteiger partial charge in [-0.3, -0.25) is 4.68 Å². The number of aliphatic hydroxyl groups excluding tert-OH is 1. The number of rotatable bonds is 5. The van der Waals surface area contributed by atoms with E-state index in [0.717, 1.165) is 10.2 Å². The van der Waals surface area contributed by atoms with Gasteiger partial charge in [0.05, 0.1) is 22.5 Å². The zero-order valence-electron chi connectivity index (χ0n) is 10.1.